The van der Waals surface area contributed by atoms with E-state index in [1.54, 1.807) is 28.4 Å². The van der Waals surface area contributed by atoms with Gasteiger partial charge in [0.25, 0.3) is 0 Å². The topological polar surface area (TPSA) is 83.1 Å². The molecule has 0 aliphatic heterocycles. The van der Waals surface area contributed by atoms with E-state index in [1.807, 2.05) is 30.3 Å². The molecular formula is C20H23NO6S. The molecule has 0 aliphatic carbocycles. The first-order chi connectivity index (χ1) is 13.3. The quantitative estimate of drug-likeness (QED) is 0.608. The molecule has 150 valence electrons. The second-order valence-corrected chi connectivity index (χ2v) is 8.14. The van der Waals surface area contributed by atoms with E-state index in [4.69, 9.17) is 18.9 Å². The van der Waals surface area contributed by atoms with Crippen molar-refractivity contribution in [2.75, 3.05) is 34.7 Å². The van der Waals surface area contributed by atoms with Gasteiger partial charge in [0, 0.05) is 6.54 Å². The summed E-state index contributed by atoms with van der Waals surface area (Å²) in [6.45, 7) is 0.148. The molecule has 7 nitrogen and oxygen atoms in total. The maximum Gasteiger partial charge on any atom is 0.209 e. The molecule has 0 bridgehead atoms. The Morgan fingerprint density at radius 2 is 1.18 bits per heavy atom. The van der Waals surface area contributed by atoms with Crippen LogP contribution in [0.4, 0.5) is 0 Å². The van der Waals surface area contributed by atoms with Crippen molar-refractivity contribution in [1.29, 1.82) is 0 Å². The van der Waals surface area contributed by atoms with Crippen LogP contribution in [0, 0.1) is 0 Å². The fourth-order valence-corrected chi connectivity index (χ4v) is 3.65. The van der Waals surface area contributed by atoms with E-state index in [9.17, 15) is 8.42 Å². The minimum atomic E-state index is -3.35. The fraction of sp³-hybridized carbons (Fsp3) is 0.300. The number of nitrogens with one attached hydrogen (secondary N) is 1. The summed E-state index contributed by atoms with van der Waals surface area (Å²) in [5.74, 6) is 2.35. The third-order valence-electron chi connectivity index (χ3n) is 4.57. The van der Waals surface area contributed by atoms with Crippen LogP contribution >= 0.6 is 0 Å². The average Bonchev–Trinajstić information content (AvgIpc) is 2.69. The van der Waals surface area contributed by atoms with Crippen molar-refractivity contribution in [2.24, 2.45) is 0 Å². The van der Waals surface area contributed by atoms with E-state index < -0.39 is 10.0 Å². The molecule has 0 spiro atoms. The van der Waals surface area contributed by atoms with Gasteiger partial charge in [-0.2, -0.15) is 0 Å². The van der Waals surface area contributed by atoms with Gasteiger partial charge in [0.1, 0.15) is 0 Å². The Morgan fingerprint density at radius 1 is 0.714 bits per heavy atom. The van der Waals surface area contributed by atoms with E-state index in [1.165, 1.54) is 0 Å². The lowest BCUT2D eigenvalue weighted by Gasteiger charge is -2.16. The molecule has 0 aliphatic rings. The van der Waals surface area contributed by atoms with Crippen LogP contribution in [-0.4, -0.2) is 43.1 Å². The van der Waals surface area contributed by atoms with Gasteiger partial charge < -0.3 is 18.9 Å². The van der Waals surface area contributed by atoms with Gasteiger partial charge in [0.15, 0.2) is 23.0 Å². The van der Waals surface area contributed by atoms with Crippen LogP contribution in [0.15, 0.2) is 30.3 Å². The maximum atomic E-state index is 11.6. The van der Waals surface area contributed by atoms with Crippen molar-refractivity contribution in [1.82, 2.24) is 4.72 Å². The fourth-order valence-electron chi connectivity index (χ4n) is 3.24. The number of methoxy groups -OCH3 is 4. The first-order valence-corrected chi connectivity index (χ1v) is 10.4. The highest BCUT2D eigenvalue weighted by Crippen LogP contribution is 2.41. The van der Waals surface area contributed by atoms with Gasteiger partial charge in [-0.1, -0.05) is 0 Å². The predicted molar refractivity (Wildman–Crippen MR) is 109 cm³/mol. The van der Waals surface area contributed by atoms with Crippen LogP contribution in [0.1, 0.15) is 5.56 Å². The zero-order chi connectivity index (χ0) is 20.5. The summed E-state index contributed by atoms with van der Waals surface area (Å²) in [5.41, 5.74) is 0.807. The second-order valence-electron chi connectivity index (χ2n) is 6.31. The molecule has 0 saturated carbocycles. The molecule has 3 rings (SSSR count). The Morgan fingerprint density at radius 3 is 1.68 bits per heavy atom. The van der Waals surface area contributed by atoms with Crippen molar-refractivity contribution >= 4 is 31.6 Å². The molecule has 0 unspecified atom stereocenters. The number of hydrogen-bond donors (Lipinski definition) is 1. The predicted octanol–water partition coefficient (Wildman–Crippen LogP) is 3.08. The number of ether oxygens (including phenoxy) is 4. The molecular weight excluding hydrogens is 382 g/mol. The van der Waals surface area contributed by atoms with Gasteiger partial charge in [-0.05, 0) is 57.4 Å². The second kappa shape index (κ2) is 7.73. The van der Waals surface area contributed by atoms with Crippen LogP contribution in [0.2, 0.25) is 0 Å². The third kappa shape index (κ3) is 3.79. The SMILES string of the molecule is COc1cc2cc(CNS(C)(=O)=O)c3cc(OC)c(OC)cc3c2cc1OC. The summed E-state index contributed by atoms with van der Waals surface area (Å²) >= 11 is 0. The van der Waals surface area contributed by atoms with Gasteiger partial charge >= 0.3 is 0 Å². The van der Waals surface area contributed by atoms with Crippen LogP contribution in [0.3, 0.4) is 0 Å². The van der Waals surface area contributed by atoms with E-state index in [2.05, 4.69) is 4.72 Å². The number of hydrogen-bond acceptors (Lipinski definition) is 6. The molecule has 0 atom stereocenters. The molecule has 1 N–H and O–H groups in total. The molecule has 0 radical (unpaired) electrons. The van der Waals surface area contributed by atoms with Crippen LogP contribution in [-0.2, 0) is 16.6 Å². The molecule has 3 aromatic carbocycles. The lowest BCUT2D eigenvalue weighted by molar-refractivity contribution is 0.355. The van der Waals surface area contributed by atoms with Gasteiger partial charge in [-0.15, -0.1) is 0 Å². The highest BCUT2D eigenvalue weighted by molar-refractivity contribution is 7.88. The van der Waals surface area contributed by atoms with Crippen LogP contribution in [0.25, 0.3) is 21.5 Å². The maximum absolute atomic E-state index is 11.6. The van der Waals surface area contributed by atoms with Crippen LogP contribution in [0.5, 0.6) is 23.0 Å². The lowest BCUT2D eigenvalue weighted by Crippen LogP contribution is -2.21. The Kier molecular flexibility index (Phi) is 5.53. The zero-order valence-electron chi connectivity index (χ0n) is 16.5. The van der Waals surface area contributed by atoms with Crippen molar-refractivity contribution in [3.05, 3.63) is 35.9 Å². The molecule has 0 saturated heterocycles. The summed E-state index contributed by atoms with van der Waals surface area (Å²) in [6, 6.07) is 9.43. The summed E-state index contributed by atoms with van der Waals surface area (Å²) in [4.78, 5) is 0. The number of sulfonamides is 1. The largest absolute Gasteiger partial charge is 0.493 e. The van der Waals surface area contributed by atoms with Crippen molar-refractivity contribution in [2.45, 2.75) is 6.54 Å². The van der Waals surface area contributed by atoms with Crippen molar-refractivity contribution in [3.8, 4) is 23.0 Å². The summed E-state index contributed by atoms with van der Waals surface area (Å²) in [6.07, 6.45) is 1.13. The molecule has 8 heteroatoms. The first kappa shape index (κ1) is 20.0. The Hall–Kier alpha value is -2.71. The molecule has 0 aromatic heterocycles. The number of benzene rings is 3. The van der Waals surface area contributed by atoms with E-state index >= 15 is 0 Å². The minimum absolute atomic E-state index is 0.148. The Bertz CT molecular complexity index is 1140. The van der Waals surface area contributed by atoms with Gasteiger partial charge in [-0.25, -0.2) is 13.1 Å². The Labute approximate surface area is 164 Å². The highest BCUT2D eigenvalue weighted by Gasteiger charge is 2.16. The van der Waals surface area contributed by atoms with Gasteiger partial charge in [-0.3, -0.25) is 0 Å². The highest BCUT2D eigenvalue weighted by atomic mass is 32.2. The standard InChI is InChI=1S/C20H23NO6S/c1-24-17-7-12-6-13(11-21-28(5,22)23)15-9-19(26-3)20(27-4)10-16(15)14(12)8-18(17)25-2/h6-10,21H,11H2,1-5H3. The normalized spacial score (nSPS) is 11.6. The van der Waals surface area contributed by atoms with E-state index in [-0.39, 0.29) is 6.54 Å². The number of rotatable bonds is 7. The van der Waals surface area contributed by atoms with Crippen molar-refractivity contribution < 1.29 is 27.4 Å². The number of fused-ring (bicyclic) bond motifs is 3. The summed E-state index contributed by atoms with van der Waals surface area (Å²) in [5, 5.41) is 3.56. The smallest absolute Gasteiger partial charge is 0.209 e. The lowest BCUT2D eigenvalue weighted by atomic mass is 9.96. The molecule has 0 amide bonds. The first-order valence-electron chi connectivity index (χ1n) is 8.49. The Balaban J connectivity index is 2.38. The van der Waals surface area contributed by atoms with E-state index in [0.29, 0.717) is 23.0 Å². The van der Waals surface area contributed by atoms with E-state index in [0.717, 1.165) is 33.4 Å². The van der Waals surface area contributed by atoms with Crippen LogP contribution < -0.4 is 23.7 Å². The van der Waals surface area contributed by atoms with Gasteiger partial charge in [0.05, 0.1) is 34.7 Å². The van der Waals surface area contributed by atoms with Gasteiger partial charge in [0.2, 0.25) is 10.0 Å². The monoisotopic (exact) mass is 405 g/mol. The zero-order valence-corrected chi connectivity index (χ0v) is 17.3. The molecule has 28 heavy (non-hydrogen) atoms. The summed E-state index contributed by atoms with van der Waals surface area (Å²) in [7, 11) is 2.95. The summed E-state index contributed by atoms with van der Waals surface area (Å²) < 4.78 is 47.5. The average molecular weight is 405 g/mol. The third-order valence-corrected chi connectivity index (χ3v) is 5.24. The molecule has 0 heterocycles. The minimum Gasteiger partial charge on any atom is -0.493 e. The molecule has 0 fully saturated rings. The molecule has 3 aromatic rings. The van der Waals surface area contributed by atoms with Crippen molar-refractivity contribution in [3.63, 3.8) is 0 Å².